The molecule has 3 rings (SSSR count). The van der Waals surface area contributed by atoms with Gasteiger partial charge in [0.1, 0.15) is 0 Å². The molecule has 0 bridgehead atoms. The fourth-order valence-corrected chi connectivity index (χ4v) is 3.18. The summed E-state index contributed by atoms with van der Waals surface area (Å²) in [5.74, 6) is -0.610. The predicted octanol–water partition coefficient (Wildman–Crippen LogP) is 3.83. The predicted molar refractivity (Wildman–Crippen MR) is 90.1 cm³/mol. The van der Waals surface area contributed by atoms with E-state index in [1.807, 2.05) is 29.8 Å². The molecule has 1 N–H and O–H groups in total. The molecule has 8 heteroatoms. The van der Waals surface area contributed by atoms with E-state index >= 15 is 0 Å². The molecule has 3 heterocycles. The smallest absolute Gasteiger partial charge is 0.339 e. The van der Waals surface area contributed by atoms with Gasteiger partial charge in [-0.1, -0.05) is 25.4 Å². The number of carboxylic acid groups (broad SMARTS) is 1. The number of carboxylic acids is 1. The van der Waals surface area contributed by atoms with Crippen LogP contribution in [0.3, 0.4) is 0 Å². The molecule has 118 valence electrons. The Bertz CT molecular complexity index is 913. The zero-order valence-electron chi connectivity index (χ0n) is 12.4. The fourth-order valence-electron chi connectivity index (χ4n) is 2.17. The Hall–Kier alpha value is -2.25. The first-order valence-corrected chi connectivity index (χ1v) is 8.12. The maximum absolute atomic E-state index is 11.2. The topological polar surface area (TPSA) is 80.4 Å². The molecule has 3 aromatic rings. The monoisotopic (exact) mass is 348 g/mol. The van der Waals surface area contributed by atoms with Crippen molar-refractivity contribution < 1.29 is 9.90 Å². The van der Waals surface area contributed by atoms with E-state index in [4.69, 9.17) is 11.6 Å². The summed E-state index contributed by atoms with van der Waals surface area (Å²) >= 11 is 7.62. The fraction of sp³-hybridized carbons (Fsp3) is 0.200. The van der Waals surface area contributed by atoms with Crippen LogP contribution in [0.25, 0.3) is 17.1 Å². The number of aromatic carboxylic acids is 1. The van der Waals surface area contributed by atoms with Gasteiger partial charge in [-0.25, -0.2) is 19.7 Å². The van der Waals surface area contributed by atoms with E-state index in [1.165, 1.54) is 17.5 Å². The molecule has 0 amide bonds. The van der Waals surface area contributed by atoms with Gasteiger partial charge >= 0.3 is 5.97 Å². The minimum absolute atomic E-state index is 0.0154. The van der Waals surface area contributed by atoms with Crippen LogP contribution in [0.15, 0.2) is 17.8 Å². The normalized spacial score (nSPS) is 11.8. The second-order valence-corrected chi connectivity index (χ2v) is 6.39. The molecule has 0 aliphatic carbocycles. The molecule has 3 aromatic heterocycles. The van der Waals surface area contributed by atoms with Crippen molar-refractivity contribution >= 4 is 46.0 Å². The highest BCUT2D eigenvalue weighted by atomic mass is 35.5. The molecule has 0 saturated heterocycles. The average Bonchev–Trinajstić information content (AvgIpc) is 3.05. The van der Waals surface area contributed by atoms with Gasteiger partial charge < -0.3 is 5.11 Å². The van der Waals surface area contributed by atoms with E-state index in [0.29, 0.717) is 16.7 Å². The summed E-state index contributed by atoms with van der Waals surface area (Å²) in [6, 6.07) is 0. The molecule has 0 fully saturated rings. The van der Waals surface area contributed by atoms with Gasteiger partial charge in [0.25, 0.3) is 0 Å². The number of halogens is 1. The number of aromatic nitrogens is 4. The van der Waals surface area contributed by atoms with Crippen LogP contribution in [-0.4, -0.2) is 30.4 Å². The van der Waals surface area contributed by atoms with E-state index in [-0.39, 0.29) is 11.5 Å². The van der Waals surface area contributed by atoms with Gasteiger partial charge in [-0.05, 0) is 18.1 Å². The molecule has 0 aliphatic heterocycles. The number of hydrogen-bond acceptors (Lipinski definition) is 5. The first-order chi connectivity index (χ1) is 11.0. The summed E-state index contributed by atoms with van der Waals surface area (Å²) in [7, 11) is 0. The Balaban J connectivity index is 1.99. The summed E-state index contributed by atoms with van der Waals surface area (Å²) in [6.45, 7) is 3.79. The molecule has 0 aromatic carbocycles. The lowest BCUT2D eigenvalue weighted by molar-refractivity contribution is 0.0694. The van der Waals surface area contributed by atoms with Crippen molar-refractivity contribution in [1.29, 1.82) is 0 Å². The van der Waals surface area contributed by atoms with Crippen LogP contribution in [0.4, 0.5) is 0 Å². The van der Waals surface area contributed by atoms with Crippen molar-refractivity contribution in [1.82, 2.24) is 19.4 Å². The van der Waals surface area contributed by atoms with Crippen LogP contribution < -0.4 is 0 Å². The van der Waals surface area contributed by atoms with Gasteiger partial charge in [-0.15, -0.1) is 11.3 Å². The maximum Gasteiger partial charge on any atom is 0.339 e. The minimum atomic E-state index is -1.02. The van der Waals surface area contributed by atoms with E-state index in [0.717, 1.165) is 10.7 Å². The number of thiazole rings is 1. The van der Waals surface area contributed by atoms with Crippen LogP contribution in [-0.2, 0) is 0 Å². The lowest BCUT2D eigenvalue weighted by Crippen LogP contribution is -2.08. The van der Waals surface area contributed by atoms with Crippen molar-refractivity contribution in [3.8, 4) is 0 Å². The Morgan fingerprint density at radius 3 is 2.87 bits per heavy atom. The Morgan fingerprint density at radius 1 is 1.39 bits per heavy atom. The Kier molecular flexibility index (Phi) is 4.14. The highest BCUT2D eigenvalue weighted by molar-refractivity contribution is 7.15. The summed E-state index contributed by atoms with van der Waals surface area (Å²) in [5, 5.41) is 11.5. The number of nitrogens with zero attached hydrogens (tertiary/aromatic N) is 4. The van der Waals surface area contributed by atoms with E-state index in [9.17, 15) is 9.90 Å². The van der Waals surface area contributed by atoms with Crippen LogP contribution in [0.1, 0.15) is 47.3 Å². The molecule has 0 radical (unpaired) electrons. The summed E-state index contributed by atoms with van der Waals surface area (Å²) in [6.07, 6.45) is 6.69. The first kappa shape index (κ1) is 15.6. The third-order valence-electron chi connectivity index (χ3n) is 3.26. The third kappa shape index (κ3) is 2.97. The van der Waals surface area contributed by atoms with E-state index in [1.54, 1.807) is 12.2 Å². The molecule has 0 unspecified atom stereocenters. The summed E-state index contributed by atoms with van der Waals surface area (Å²) in [5.41, 5.74) is 1.37. The van der Waals surface area contributed by atoms with Crippen molar-refractivity contribution in [3.05, 3.63) is 45.7 Å². The van der Waals surface area contributed by atoms with Gasteiger partial charge in [0.15, 0.2) is 15.9 Å². The highest BCUT2D eigenvalue weighted by Crippen LogP contribution is 2.23. The SMILES string of the molecule is CC(C)c1nc(C=Cc2c(Cl)nc3sccn23)ncc1C(=O)O. The van der Waals surface area contributed by atoms with E-state index in [2.05, 4.69) is 15.0 Å². The van der Waals surface area contributed by atoms with Gasteiger partial charge in [-0.2, -0.15) is 0 Å². The van der Waals surface area contributed by atoms with Gasteiger partial charge in [0.05, 0.1) is 17.0 Å². The van der Waals surface area contributed by atoms with Crippen molar-refractivity contribution in [2.75, 3.05) is 0 Å². The lowest BCUT2D eigenvalue weighted by atomic mass is 10.1. The Labute approximate surface area is 141 Å². The van der Waals surface area contributed by atoms with Crippen LogP contribution in [0.2, 0.25) is 5.15 Å². The highest BCUT2D eigenvalue weighted by Gasteiger charge is 2.15. The molecule has 0 saturated carbocycles. The number of fused-ring (bicyclic) bond motifs is 1. The summed E-state index contributed by atoms with van der Waals surface area (Å²) in [4.78, 5) is 24.7. The van der Waals surface area contributed by atoms with Crippen LogP contribution in [0, 0.1) is 0 Å². The largest absolute Gasteiger partial charge is 0.478 e. The second-order valence-electron chi connectivity index (χ2n) is 5.16. The van der Waals surface area contributed by atoms with Crippen molar-refractivity contribution in [2.24, 2.45) is 0 Å². The first-order valence-electron chi connectivity index (χ1n) is 6.86. The van der Waals surface area contributed by atoms with Gasteiger partial charge in [0.2, 0.25) is 0 Å². The van der Waals surface area contributed by atoms with Crippen molar-refractivity contribution in [2.45, 2.75) is 19.8 Å². The summed E-state index contributed by atoms with van der Waals surface area (Å²) < 4.78 is 1.87. The Morgan fingerprint density at radius 2 is 2.17 bits per heavy atom. The molecular weight excluding hydrogens is 336 g/mol. The molecule has 6 nitrogen and oxygen atoms in total. The van der Waals surface area contributed by atoms with Crippen LogP contribution >= 0.6 is 22.9 Å². The third-order valence-corrected chi connectivity index (χ3v) is 4.29. The number of rotatable bonds is 4. The quantitative estimate of drug-likeness (QED) is 0.775. The molecular formula is C15H13ClN4O2S. The number of imidazole rings is 1. The molecule has 0 atom stereocenters. The standard InChI is InChI=1S/C15H13ClN4O2S/c1-8(2)12-9(14(21)22)7-17-11(18-12)4-3-10-13(16)19-15-20(10)5-6-23-15/h3-8H,1-2H3,(H,21,22). The zero-order valence-corrected chi connectivity index (χ0v) is 14.0. The van der Waals surface area contributed by atoms with Gasteiger partial charge in [-0.3, -0.25) is 4.40 Å². The minimum Gasteiger partial charge on any atom is -0.478 e. The van der Waals surface area contributed by atoms with Gasteiger partial charge in [0, 0.05) is 17.8 Å². The maximum atomic E-state index is 11.2. The molecule has 23 heavy (non-hydrogen) atoms. The second kappa shape index (κ2) is 6.10. The zero-order chi connectivity index (χ0) is 16.6. The number of carbonyl (C=O) groups is 1. The van der Waals surface area contributed by atoms with Crippen molar-refractivity contribution in [3.63, 3.8) is 0 Å². The number of hydrogen-bond donors (Lipinski definition) is 1. The molecule has 0 spiro atoms. The molecule has 0 aliphatic rings. The average molecular weight is 349 g/mol. The lowest BCUT2D eigenvalue weighted by Gasteiger charge is -2.08. The van der Waals surface area contributed by atoms with E-state index < -0.39 is 5.97 Å². The van der Waals surface area contributed by atoms with Crippen LogP contribution in [0.5, 0.6) is 0 Å².